The molecule has 0 spiro atoms. The van der Waals surface area contributed by atoms with Crippen molar-refractivity contribution in [1.29, 1.82) is 5.26 Å². The Morgan fingerprint density at radius 3 is 2.81 bits per heavy atom. The number of aromatic nitrogens is 1. The van der Waals surface area contributed by atoms with Crippen molar-refractivity contribution in [2.45, 2.75) is 33.1 Å². The fourth-order valence-corrected chi connectivity index (χ4v) is 1.68. The molecule has 16 heavy (non-hydrogen) atoms. The Morgan fingerprint density at radius 1 is 1.44 bits per heavy atom. The summed E-state index contributed by atoms with van der Waals surface area (Å²) in [5.41, 5.74) is 1.69. The number of aryl methyl sites for hydroxylation is 1. The van der Waals surface area contributed by atoms with Crippen LogP contribution in [-0.4, -0.2) is 18.6 Å². The lowest BCUT2D eigenvalue weighted by atomic mass is 10.1. The lowest BCUT2D eigenvalue weighted by Crippen LogP contribution is -2.21. The number of pyridine rings is 1. The number of hydrogen-bond acceptors (Lipinski definition) is 3. The summed E-state index contributed by atoms with van der Waals surface area (Å²) in [6.07, 6.45) is 5.34. The van der Waals surface area contributed by atoms with Crippen LogP contribution < -0.4 is 4.90 Å². The van der Waals surface area contributed by atoms with Crippen LogP contribution in [0.2, 0.25) is 0 Å². The zero-order valence-electron chi connectivity index (χ0n) is 10.3. The summed E-state index contributed by atoms with van der Waals surface area (Å²) in [7, 11) is 2.00. The van der Waals surface area contributed by atoms with Crippen molar-refractivity contribution in [3.05, 3.63) is 23.4 Å². The van der Waals surface area contributed by atoms with E-state index in [4.69, 9.17) is 5.26 Å². The highest BCUT2D eigenvalue weighted by atomic mass is 15.2. The predicted molar refractivity (Wildman–Crippen MR) is 66.5 cm³/mol. The lowest BCUT2D eigenvalue weighted by molar-refractivity contribution is 0.701. The van der Waals surface area contributed by atoms with Gasteiger partial charge in [-0.1, -0.05) is 19.8 Å². The molecule has 0 fully saturated rings. The van der Waals surface area contributed by atoms with Crippen molar-refractivity contribution in [3.63, 3.8) is 0 Å². The van der Waals surface area contributed by atoms with Gasteiger partial charge in [0, 0.05) is 19.8 Å². The molecule has 86 valence electrons. The number of rotatable bonds is 5. The summed E-state index contributed by atoms with van der Waals surface area (Å²) in [5.74, 6) is 0.804. The number of hydrogen-bond donors (Lipinski definition) is 0. The van der Waals surface area contributed by atoms with E-state index in [0.717, 1.165) is 24.3 Å². The standard InChI is InChI=1S/C13H19N3/c1-4-5-6-9-16(3)13-12(10-14)11(2)7-8-15-13/h7-8H,4-6,9H2,1-3H3. The van der Waals surface area contributed by atoms with Crippen LogP contribution in [0, 0.1) is 18.3 Å². The molecule has 1 aromatic heterocycles. The molecule has 0 aromatic carbocycles. The average molecular weight is 217 g/mol. The second-order valence-corrected chi connectivity index (χ2v) is 4.07. The summed E-state index contributed by atoms with van der Waals surface area (Å²) in [6, 6.07) is 4.11. The molecule has 0 aliphatic heterocycles. The minimum absolute atomic E-state index is 0.696. The molecule has 0 amide bonds. The lowest BCUT2D eigenvalue weighted by Gasteiger charge is -2.19. The maximum atomic E-state index is 9.10. The Balaban J connectivity index is 2.79. The predicted octanol–water partition coefficient (Wildman–Crippen LogP) is 2.89. The van der Waals surface area contributed by atoms with E-state index in [9.17, 15) is 0 Å². The van der Waals surface area contributed by atoms with Crippen LogP contribution in [0.1, 0.15) is 37.3 Å². The smallest absolute Gasteiger partial charge is 0.146 e. The minimum atomic E-state index is 0.696. The molecule has 0 atom stereocenters. The fourth-order valence-electron chi connectivity index (χ4n) is 1.68. The first-order chi connectivity index (χ1) is 7.70. The Bertz CT molecular complexity index is 379. The maximum absolute atomic E-state index is 9.10. The number of anilines is 1. The van der Waals surface area contributed by atoms with Gasteiger partial charge in [0.05, 0.1) is 5.56 Å². The summed E-state index contributed by atoms with van der Waals surface area (Å²) in [5, 5.41) is 9.10. The molecule has 0 saturated carbocycles. The third kappa shape index (κ3) is 2.96. The normalized spacial score (nSPS) is 9.88. The van der Waals surface area contributed by atoms with Crippen LogP contribution in [0.5, 0.6) is 0 Å². The SMILES string of the molecule is CCCCCN(C)c1nccc(C)c1C#N. The van der Waals surface area contributed by atoms with E-state index in [1.54, 1.807) is 6.20 Å². The van der Waals surface area contributed by atoms with E-state index in [1.807, 2.05) is 20.0 Å². The first-order valence-corrected chi connectivity index (χ1v) is 5.77. The van der Waals surface area contributed by atoms with E-state index in [-0.39, 0.29) is 0 Å². The van der Waals surface area contributed by atoms with Crippen molar-refractivity contribution in [1.82, 2.24) is 4.98 Å². The maximum Gasteiger partial charge on any atom is 0.146 e. The highest BCUT2D eigenvalue weighted by molar-refractivity contribution is 5.56. The monoisotopic (exact) mass is 217 g/mol. The molecule has 0 N–H and O–H groups in total. The Kier molecular flexibility index (Phi) is 4.78. The molecule has 0 aliphatic rings. The van der Waals surface area contributed by atoms with Gasteiger partial charge in [-0.3, -0.25) is 0 Å². The molecule has 0 unspecified atom stereocenters. The summed E-state index contributed by atoms with van der Waals surface area (Å²) in [6.45, 7) is 5.09. The van der Waals surface area contributed by atoms with Gasteiger partial charge in [0.15, 0.2) is 0 Å². The highest BCUT2D eigenvalue weighted by Crippen LogP contribution is 2.19. The van der Waals surface area contributed by atoms with Crippen LogP contribution in [0.25, 0.3) is 0 Å². The molecule has 1 aromatic rings. The zero-order valence-corrected chi connectivity index (χ0v) is 10.3. The van der Waals surface area contributed by atoms with Gasteiger partial charge in [0.1, 0.15) is 11.9 Å². The van der Waals surface area contributed by atoms with E-state index in [1.165, 1.54) is 12.8 Å². The van der Waals surface area contributed by atoms with Crippen LogP contribution in [0.3, 0.4) is 0 Å². The van der Waals surface area contributed by atoms with Crippen molar-refractivity contribution in [2.75, 3.05) is 18.5 Å². The van der Waals surface area contributed by atoms with E-state index < -0.39 is 0 Å². The molecule has 0 aliphatic carbocycles. The van der Waals surface area contributed by atoms with Crippen LogP contribution >= 0.6 is 0 Å². The molecule has 0 radical (unpaired) electrons. The summed E-state index contributed by atoms with van der Waals surface area (Å²) in [4.78, 5) is 6.36. The second kappa shape index (κ2) is 6.12. The van der Waals surface area contributed by atoms with Gasteiger partial charge in [-0.05, 0) is 25.0 Å². The van der Waals surface area contributed by atoms with E-state index >= 15 is 0 Å². The van der Waals surface area contributed by atoms with E-state index in [2.05, 4.69) is 22.9 Å². The molecule has 0 saturated heterocycles. The Hall–Kier alpha value is -1.56. The third-order valence-electron chi connectivity index (χ3n) is 2.71. The van der Waals surface area contributed by atoms with Gasteiger partial charge < -0.3 is 4.90 Å². The molecule has 3 nitrogen and oxygen atoms in total. The van der Waals surface area contributed by atoms with Crippen molar-refractivity contribution >= 4 is 5.82 Å². The number of nitrogens with zero attached hydrogens (tertiary/aromatic N) is 3. The Labute approximate surface area is 97.7 Å². The molecule has 3 heteroatoms. The van der Waals surface area contributed by atoms with Crippen molar-refractivity contribution in [3.8, 4) is 6.07 Å². The van der Waals surface area contributed by atoms with Gasteiger partial charge in [0.2, 0.25) is 0 Å². The number of nitriles is 1. The molecule has 1 rings (SSSR count). The molecule has 1 heterocycles. The third-order valence-corrected chi connectivity index (χ3v) is 2.71. The van der Waals surface area contributed by atoms with Gasteiger partial charge >= 0.3 is 0 Å². The summed E-state index contributed by atoms with van der Waals surface area (Å²) < 4.78 is 0. The van der Waals surface area contributed by atoms with Crippen LogP contribution in [0.4, 0.5) is 5.82 Å². The van der Waals surface area contributed by atoms with Crippen molar-refractivity contribution in [2.24, 2.45) is 0 Å². The first-order valence-electron chi connectivity index (χ1n) is 5.77. The van der Waals surface area contributed by atoms with Crippen LogP contribution in [-0.2, 0) is 0 Å². The first kappa shape index (κ1) is 12.5. The fraction of sp³-hybridized carbons (Fsp3) is 0.538. The summed E-state index contributed by atoms with van der Waals surface area (Å²) >= 11 is 0. The minimum Gasteiger partial charge on any atom is -0.359 e. The molecular formula is C13H19N3. The van der Waals surface area contributed by atoms with Gasteiger partial charge in [-0.2, -0.15) is 5.26 Å². The van der Waals surface area contributed by atoms with Crippen molar-refractivity contribution < 1.29 is 0 Å². The second-order valence-electron chi connectivity index (χ2n) is 4.07. The Morgan fingerprint density at radius 2 is 2.19 bits per heavy atom. The van der Waals surface area contributed by atoms with Gasteiger partial charge in [-0.25, -0.2) is 4.98 Å². The van der Waals surface area contributed by atoms with Gasteiger partial charge in [0.25, 0.3) is 0 Å². The van der Waals surface area contributed by atoms with Gasteiger partial charge in [-0.15, -0.1) is 0 Å². The van der Waals surface area contributed by atoms with Crippen LogP contribution in [0.15, 0.2) is 12.3 Å². The van der Waals surface area contributed by atoms with E-state index in [0.29, 0.717) is 5.56 Å². The quantitative estimate of drug-likeness (QED) is 0.712. The zero-order chi connectivity index (χ0) is 12.0. The molecule has 0 bridgehead atoms. The highest BCUT2D eigenvalue weighted by Gasteiger charge is 2.10. The molecular weight excluding hydrogens is 198 g/mol. The number of unbranched alkanes of at least 4 members (excludes halogenated alkanes) is 2. The largest absolute Gasteiger partial charge is 0.359 e. The topological polar surface area (TPSA) is 39.9 Å². The average Bonchev–Trinajstić information content (AvgIpc) is 2.29.